The number of halogens is 1. The summed E-state index contributed by atoms with van der Waals surface area (Å²) in [7, 11) is 0. The minimum absolute atomic E-state index is 0.0156. The van der Waals surface area contributed by atoms with Crippen LogP contribution in [0.5, 0.6) is 0 Å². The fourth-order valence-corrected chi connectivity index (χ4v) is 5.90. The summed E-state index contributed by atoms with van der Waals surface area (Å²) in [6, 6.07) is 13.3. The maximum atomic E-state index is 13.7. The van der Waals surface area contributed by atoms with Gasteiger partial charge in [0, 0.05) is 29.7 Å². The molecule has 2 fully saturated rings. The van der Waals surface area contributed by atoms with Crippen LogP contribution in [-0.4, -0.2) is 46.0 Å². The van der Waals surface area contributed by atoms with Gasteiger partial charge in [-0.2, -0.15) is 0 Å². The fraction of sp³-hybridized carbons (Fsp3) is 0.483. The zero-order valence-corrected chi connectivity index (χ0v) is 22.1. The number of aromatic nitrogens is 2. The molecule has 0 unspecified atom stereocenters. The van der Waals surface area contributed by atoms with Gasteiger partial charge in [-0.3, -0.25) is 14.2 Å². The first-order valence-electron chi connectivity index (χ1n) is 13.1. The van der Waals surface area contributed by atoms with Crippen molar-refractivity contribution in [3.63, 3.8) is 0 Å². The lowest BCUT2D eigenvalue weighted by atomic mass is 9.71. The number of benzene rings is 2. The predicted octanol–water partition coefficient (Wildman–Crippen LogP) is 5.08. The van der Waals surface area contributed by atoms with Crippen molar-refractivity contribution >= 4 is 28.4 Å². The molecule has 5 rings (SSSR count). The number of hydrogen-bond donors (Lipinski definition) is 1. The first-order valence-corrected chi connectivity index (χ1v) is 13.5. The quantitative estimate of drug-likeness (QED) is 0.485. The van der Waals surface area contributed by atoms with E-state index in [-0.39, 0.29) is 24.1 Å². The topological polar surface area (TPSA) is 67.2 Å². The van der Waals surface area contributed by atoms with Crippen LogP contribution in [0.4, 0.5) is 0 Å². The maximum absolute atomic E-state index is 13.7. The van der Waals surface area contributed by atoms with Crippen LogP contribution in [-0.2, 0) is 11.3 Å². The van der Waals surface area contributed by atoms with E-state index < -0.39 is 0 Å². The number of amides is 1. The van der Waals surface area contributed by atoms with Crippen molar-refractivity contribution in [2.75, 3.05) is 19.6 Å². The van der Waals surface area contributed by atoms with Crippen LogP contribution in [0, 0.1) is 11.8 Å². The molecule has 1 amide bonds. The van der Waals surface area contributed by atoms with Gasteiger partial charge in [0.1, 0.15) is 12.4 Å². The SMILES string of the molecule is CC(C)NC(=O)Cn1c(-c2cccc(Cl)c2)nc2ccc([C@H]3C[C@@H](CN4CC[C@@H](C)C4)C3)cc2c1=O. The van der Waals surface area contributed by atoms with Gasteiger partial charge in [-0.25, -0.2) is 4.98 Å². The average molecular weight is 507 g/mol. The Balaban J connectivity index is 1.44. The molecule has 1 saturated heterocycles. The van der Waals surface area contributed by atoms with Crippen LogP contribution in [0.1, 0.15) is 51.5 Å². The van der Waals surface area contributed by atoms with Crippen LogP contribution in [0.2, 0.25) is 5.02 Å². The molecule has 1 aliphatic carbocycles. The summed E-state index contributed by atoms with van der Waals surface area (Å²) in [4.78, 5) is 33.8. The maximum Gasteiger partial charge on any atom is 0.262 e. The monoisotopic (exact) mass is 506 g/mol. The Labute approximate surface area is 217 Å². The van der Waals surface area contributed by atoms with Crippen LogP contribution in [0.15, 0.2) is 47.3 Å². The van der Waals surface area contributed by atoms with E-state index in [1.54, 1.807) is 12.1 Å². The number of fused-ring (bicyclic) bond motifs is 1. The van der Waals surface area contributed by atoms with E-state index in [1.807, 2.05) is 38.1 Å². The first-order chi connectivity index (χ1) is 17.3. The highest BCUT2D eigenvalue weighted by Gasteiger charge is 2.33. The van der Waals surface area contributed by atoms with Crippen molar-refractivity contribution in [2.45, 2.75) is 58.5 Å². The summed E-state index contributed by atoms with van der Waals surface area (Å²) in [5, 5.41) is 4.00. The van der Waals surface area contributed by atoms with Gasteiger partial charge in [-0.15, -0.1) is 0 Å². The summed E-state index contributed by atoms with van der Waals surface area (Å²) in [6.45, 7) is 9.69. The number of nitrogens with zero attached hydrogens (tertiary/aromatic N) is 3. The molecule has 0 bridgehead atoms. The highest BCUT2D eigenvalue weighted by Crippen LogP contribution is 2.43. The Kier molecular flexibility index (Phi) is 7.18. The molecule has 36 heavy (non-hydrogen) atoms. The van der Waals surface area contributed by atoms with E-state index in [4.69, 9.17) is 16.6 Å². The summed E-state index contributed by atoms with van der Waals surface area (Å²) >= 11 is 6.23. The third kappa shape index (κ3) is 5.35. The molecule has 0 spiro atoms. The fourth-order valence-electron chi connectivity index (χ4n) is 5.71. The number of carbonyl (C=O) groups excluding carboxylic acids is 1. The third-order valence-electron chi connectivity index (χ3n) is 7.54. The van der Waals surface area contributed by atoms with Gasteiger partial charge >= 0.3 is 0 Å². The van der Waals surface area contributed by atoms with Gasteiger partial charge in [-0.05, 0) is 87.2 Å². The number of carbonyl (C=O) groups is 1. The highest BCUT2D eigenvalue weighted by molar-refractivity contribution is 6.30. The molecule has 1 saturated carbocycles. The van der Waals surface area contributed by atoms with Crippen molar-refractivity contribution in [2.24, 2.45) is 11.8 Å². The molecule has 1 N–H and O–H groups in total. The Hall–Kier alpha value is -2.70. The lowest BCUT2D eigenvalue weighted by Crippen LogP contribution is -2.37. The minimum Gasteiger partial charge on any atom is -0.352 e. The minimum atomic E-state index is -0.217. The second-order valence-corrected chi connectivity index (χ2v) is 11.5. The van der Waals surface area contributed by atoms with Gasteiger partial charge in [0.15, 0.2) is 0 Å². The average Bonchev–Trinajstić information content (AvgIpc) is 3.22. The molecule has 2 heterocycles. The molecule has 1 aromatic heterocycles. The summed E-state index contributed by atoms with van der Waals surface area (Å²) in [5.74, 6) is 2.26. The predicted molar refractivity (Wildman–Crippen MR) is 145 cm³/mol. The molecule has 1 aliphatic heterocycles. The largest absolute Gasteiger partial charge is 0.352 e. The smallest absolute Gasteiger partial charge is 0.262 e. The van der Waals surface area contributed by atoms with Gasteiger partial charge in [0.25, 0.3) is 5.56 Å². The van der Waals surface area contributed by atoms with Gasteiger partial charge < -0.3 is 10.2 Å². The lowest BCUT2D eigenvalue weighted by Gasteiger charge is -2.38. The number of likely N-dealkylation sites (tertiary alicyclic amines) is 1. The Morgan fingerprint density at radius 2 is 2.00 bits per heavy atom. The van der Waals surface area contributed by atoms with Crippen LogP contribution in [0.3, 0.4) is 0 Å². The Morgan fingerprint density at radius 1 is 1.19 bits per heavy atom. The Bertz CT molecular complexity index is 1330. The lowest BCUT2D eigenvalue weighted by molar-refractivity contribution is -0.122. The molecule has 1 atom stereocenters. The number of nitrogens with one attached hydrogen (secondary N) is 1. The van der Waals surface area contributed by atoms with Crippen molar-refractivity contribution in [3.05, 3.63) is 63.4 Å². The molecule has 0 radical (unpaired) electrons. The molecule has 6 nitrogen and oxygen atoms in total. The zero-order chi connectivity index (χ0) is 25.4. The van der Waals surface area contributed by atoms with E-state index in [0.29, 0.717) is 33.2 Å². The van der Waals surface area contributed by atoms with Crippen molar-refractivity contribution < 1.29 is 4.79 Å². The van der Waals surface area contributed by atoms with Crippen molar-refractivity contribution in [1.82, 2.24) is 19.8 Å². The van der Waals surface area contributed by atoms with E-state index in [2.05, 4.69) is 23.2 Å². The van der Waals surface area contributed by atoms with E-state index >= 15 is 0 Å². The van der Waals surface area contributed by atoms with E-state index in [1.165, 1.54) is 36.2 Å². The van der Waals surface area contributed by atoms with E-state index in [9.17, 15) is 9.59 Å². The molecular formula is C29H35ClN4O2. The zero-order valence-electron chi connectivity index (χ0n) is 21.3. The van der Waals surface area contributed by atoms with Crippen molar-refractivity contribution in [3.8, 4) is 11.4 Å². The highest BCUT2D eigenvalue weighted by atomic mass is 35.5. The van der Waals surface area contributed by atoms with Gasteiger partial charge in [0.2, 0.25) is 5.91 Å². The van der Waals surface area contributed by atoms with Gasteiger partial charge in [0.05, 0.1) is 10.9 Å². The molecule has 2 aliphatic rings. The van der Waals surface area contributed by atoms with Crippen LogP contribution in [0.25, 0.3) is 22.3 Å². The Morgan fingerprint density at radius 3 is 2.69 bits per heavy atom. The van der Waals surface area contributed by atoms with Crippen LogP contribution >= 0.6 is 11.6 Å². The summed E-state index contributed by atoms with van der Waals surface area (Å²) in [5.41, 5.74) is 2.35. The standard InChI is InChI=1S/C29H35ClN4O2/c1-18(2)31-27(35)17-34-28(22-5-4-6-24(30)13-22)32-26-8-7-21(14-25(26)29(34)36)23-11-20(12-23)16-33-10-9-19(3)15-33/h4-8,13-14,18-20,23H,9-12,15-17H2,1-3H3,(H,31,35)/t19-,20-,23+/m1/s1. The summed E-state index contributed by atoms with van der Waals surface area (Å²) in [6.07, 6.45) is 3.64. The molecule has 190 valence electrons. The molecule has 7 heteroatoms. The molecular weight excluding hydrogens is 472 g/mol. The van der Waals surface area contributed by atoms with Gasteiger partial charge in [-0.1, -0.05) is 36.7 Å². The second kappa shape index (κ2) is 10.3. The first kappa shape index (κ1) is 25.0. The third-order valence-corrected chi connectivity index (χ3v) is 7.78. The van der Waals surface area contributed by atoms with Crippen molar-refractivity contribution in [1.29, 1.82) is 0 Å². The second-order valence-electron chi connectivity index (χ2n) is 11.0. The number of hydrogen-bond acceptors (Lipinski definition) is 4. The number of rotatable bonds is 7. The van der Waals surface area contributed by atoms with Crippen LogP contribution < -0.4 is 10.9 Å². The normalized spacial score (nSPS) is 22.2. The van der Waals surface area contributed by atoms with E-state index in [0.717, 1.165) is 24.7 Å². The molecule has 2 aromatic carbocycles. The molecule has 3 aromatic rings. The summed E-state index contributed by atoms with van der Waals surface area (Å²) < 4.78 is 1.48.